The summed E-state index contributed by atoms with van der Waals surface area (Å²) in [6.07, 6.45) is 0.638. The van der Waals surface area contributed by atoms with E-state index in [9.17, 15) is 18.6 Å². The molecule has 2 aromatic rings. The van der Waals surface area contributed by atoms with Crippen LogP contribution >= 0.6 is 28.6 Å². The Hall–Kier alpha value is -1.28. The van der Waals surface area contributed by atoms with Gasteiger partial charge in [-0.1, -0.05) is 37.6 Å². The van der Waals surface area contributed by atoms with E-state index in [-0.39, 0.29) is 51.1 Å². The van der Waals surface area contributed by atoms with Crippen molar-refractivity contribution in [1.29, 1.82) is 0 Å². The molecule has 1 unspecified atom stereocenters. The van der Waals surface area contributed by atoms with Gasteiger partial charge in [0.2, 0.25) is 0 Å². The monoisotopic (exact) mass is 489 g/mol. The normalized spacial score (nSPS) is 16.9. The molecule has 3 N–H and O–H groups in total. The highest BCUT2D eigenvalue weighted by Crippen LogP contribution is 2.42. The maximum absolute atomic E-state index is 12.4. The molecule has 0 radical (unpaired) electrons. The minimum Gasteiger partial charge on any atom is -0.504 e. The second-order valence-corrected chi connectivity index (χ2v) is 9.79. The molecule has 1 aliphatic rings. The van der Waals surface area contributed by atoms with E-state index in [4.69, 9.17) is 11.6 Å². The van der Waals surface area contributed by atoms with Gasteiger partial charge in [-0.05, 0) is 53.8 Å². The van der Waals surface area contributed by atoms with E-state index in [0.717, 1.165) is 16.7 Å². The van der Waals surface area contributed by atoms with Gasteiger partial charge in [0.05, 0.1) is 15.7 Å². The predicted molar refractivity (Wildman–Crippen MR) is 117 cm³/mol. The number of hydrogen-bond acceptors (Lipinski definition) is 5. The number of sulfone groups is 1. The van der Waals surface area contributed by atoms with Crippen molar-refractivity contribution >= 4 is 38.4 Å². The van der Waals surface area contributed by atoms with E-state index in [0.29, 0.717) is 24.4 Å². The Kier molecular flexibility index (Phi) is 7.42. The van der Waals surface area contributed by atoms with Gasteiger partial charge in [-0.25, -0.2) is 8.42 Å². The zero-order valence-corrected chi connectivity index (χ0v) is 19.1. The fraction of sp³-hybridized carbons (Fsp3) is 0.400. The van der Waals surface area contributed by atoms with E-state index in [2.05, 4.69) is 5.32 Å². The lowest BCUT2D eigenvalue weighted by Gasteiger charge is -2.20. The van der Waals surface area contributed by atoms with Crippen LogP contribution in [0.1, 0.15) is 36.5 Å². The molecule has 0 spiro atoms. The third-order valence-electron chi connectivity index (χ3n) is 4.83. The molecule has 1 atom stereocenters. The minimum absolute atomic E-state index is 0. The number of aromatic hydroxyl groups is 2. The summed E-state index contributed by atoms with van der Waals surface area (Å²) in [4.78, 5) is 0.313. The average Bonchev–Trinajstić information content (AvgIpc) is 2.81. The van der Waals surface area contributed by atoms with Gasteiger partial charge >= 0.3 is 0 Å². The molecule has 0 bridgehead atoms. The Bertz CT molecular complexity index is 946. The third-order valence-corrected chi connectivity index (χ3v) is 7.33. The first-order valence-electron chi connectivity index (χ1n) is 8.97. The molecule has 8 heteroatoms. The highest BCUT2D eigenvalue weighted by molar-refractivity contribution is 8.93. The number of rotatable bonds is 4. The summed E-state index contributed by atoms with van der Waals surface area (Å²) in [5.41, 5.74) is 2.58. The minimum atomic E-state index is -3.30. The topological polar surface area (TPSA) is 86.6 Å². The molecular formula is C20H25BrClNO4S. The quantitative estimate of drug-likeness (QED) is 0.563. The molecule has 0 saturated carbocycles. The Morgan fingerprint density at radius 2 is 1.86 bits per heavy atom. The van der Waals surface area contributed by atoms with Crippen LogP contribution in [0.25, 0.3) is 0 Å². The molecule has 0 saturated heterocycles. The van der Waals surface area contributed by atoms with Gasteiger partial charge in [-0.3, -0.25) is 0 Å². The Morgan fingerprint density at radius 1 is 1.21 bits per heavy atom. The van der Waals surface area contributed by atoms with E-state index in [1.165, 1.54) is 0 Å². The Labute approximate surface area is 181 Å². The maximum Gasteiger partial charge on any atom is 0.178 e. The van der Waals surface area contributed by atoms with Crippen LogP contribution in [0.5, 0.6) is 11.5 Å². The molecule has 0 amide bonds. The molecule has 0 aromatic heterocycles. The van der Waals surface area contributed by atoms with Crippen molar-refractivity contribution in [2.75, 3.05) is 18.8 Å². The summed E-state index contributed by atoms with van der Waals surface area (Å²) in [6, 6.07) is 8.45. The van der Waals surface area contributed by atoms with E-state index < -0.39 is 9.84 Å². The molecule has 3 rings (SSSR count). The van der Waals surface area contributed by atoms with Crippen LogP contribution in [0.2, 0.25) is 5.02 Å². The number of benzene rings is 2. The average molecular weight is 491 g/mol. The van der Waals surface area contributed by atoms with Crippen molar-refractivity contribution in [3.05, 3.63) is 52.0 Å². The number of hydrogen-bond donors (Lipinski definition) is 3. The standard InChI is InChI=1S/C20H24ClNO4S.BrH/c1-12(2)11-27(25,26)14-5-3-13(4-6-14)17-10-22-8-7-15-16(17)9-18(23)20(24)19(15)21;/h3-6,9,12,17,22-24H,7-8,10-11H2,1-2H3;1H. The highest BCUT2D eigenvalue weighted by Gasteiger charge is 2.26. The van der Waals surface area contributed by atoms with Gasteiger partial charge in [0, 0.05) is 12.5 Å². The fourth-order valence-electron chi connectivity index (χ4n) is 3.56. The zero-order valence-electron chi connectivity index (χ0n) is 15.8. The lowest BCUT2D eigenvalue weighted by molar-refractivity contribution is 0.402. The van der Waals surface area contributed by atoms with Crippen molar-refractivity contribution in [3.8, 4) is 11.5 Å². The van der Waals surface area contributed by atoms with Crippen LogP contribution < -0.4 is 5.32 Å². The predicted octanol–water partition coefficient (Wildman–Crippen LogP) is 4.04. The summed E-state index contributed by atoms with van der Waals surface area (Å²) in [6.45, 7) is 5.09. The molecule has 0 aliphatic carbocycles. The smallest absolute Gasteiger partial charge is 0.178 e. The van der Waals surface area contributed by atoms with E-state index >= 15 is 0 Å². The van der Waals surface area contributed by atoms with Crippen LogP contribution in [0.4, 0.5) is 0 Å². The molecule has 1 aliphatic heterocycles. The molecule has 2 aromatic carbocycles. The molecule has 5 nitrogen and oxygen atoms in total. The van der Waals surface area contributed by atoms with Crippen molar-refractivity contribution in [3.63, 3.8) is 0 Å². The molecular weight excluding hydrogens is 466 g/mol. The lowest BCUT2D eigenvalue weighted by Crippen LogP contribution is -2.21. The molecule has 0 fully saturated rings. The Balaban J connectivity index is 0.00000280. The SMILES string of the molecule is Br.CC(C)CS(=O)(=O)c1ccc(C2CNCCc3c2cc(O)c(O)c3Cl)cc1. The Morgan fingerprint density at radius 3 is 2.46 bits per heavy atom. The van der Waals surface area contributed by atoms with Gasteiger partial charge in [-0.2, -0.15) is 0 Å². The maximum atomic E-state index is 12.4. The number of nitrogens with one attached hydrogen (secondary N) is 1. The largest absolute Gasteiger partial charge is 0.504 e. The van der Waals surface area contributed by atoms with Crippen molar-refractivity contribution in [1.82, 2.24) is 5.32 Å². The van der Waals surface area contributed by atoms with Crippen LogP contribution in [0, 0.1) is 5.92 Å². The van der Waals surface area contributed by atoms with Gasteiger partial charge in [0.1, 0.15) is 0 Å². The van der Waals surface area contributed by atoms with Crippen LogP contribution in [0.15, 0.2) is 35.2 Å². The fourth-order valence-corrected chi connectivity index (χ4v) is 5.48. The second-order valence-electron chi connectivity index (χ2n) is 7.38. The van der Waals surface area contributed by atoms with Crippen molar-refractivity contribution < 1.29 is 18.6 Å². The summed E-state index contributed by atoms with van der Waals surface area (Å²) < 4.78 is 24.8. The number of phenolic OH excluding ortho intramolecular Hbond substituents is 2. The first-order chi connectivity index (χ1) is 12.7. The number of phenols is 2. The first kappa shape index (κ1) is 23.0. The van der Waals surface area contributed by atoms with Crippen LogP contribution in [-0.2, 0) is 16.3 Å². The number of fused-ring (bicyclic) bond motifs is 1. The van der Waals surface area contributed by atoms with Crippen LogP contribution in [0.3, 0.4) is 0 Å². The molecule has 28 heavy (non-hydrogen) atoms. The zero-order chi connectivity index (χ0) is 19.8. The van der Waals surface area contributed by atoms with Crippen molar-refractivity contribution in [2.24, 2.45) is 5.92 Å². The summed E-state index contributed by atoms with van der Waals surface area (Å²) in [5.74, 6) is -0.477. The van der Waals surface area contributed by atoms with E-state index in [1.807, 2.05) is 26.0 Å². The summed E-state index contributed by atoms with van der Waals surface area (Å²) in [7, 11) is -3.30. The van der Waals surface area contributed by atoms with Gasteiger partial charge in [-0.15, -0.1) is 17.0 Å². The highest BCUT2D eigenvalue weighted by atomic mass is 79.9. The second kappa shape index (κ2) is 9.03. The third kappa shape index (κ3) is 4.64. The van der Waals surface area contributed by atoms with E-state index in [1.54, 1.807) is 18.2 Å². The van der Waals surface area contributed by atoms with Gasteiger partial charge < -0.3 is 15.5 Å². The summed E-state index contributed by atoms with van der Waals surface area (Å²) in [5, 5.41) is 23.5. The lowest BCUT2D eigenvalue weighted by atomic mass is 9.87. The molecule has 154 valence electrons. The first-order valence-corrected chi connectivity index (χ1v) is 11.0. The summed E-state index contributed by atoms with van der Waals surface area (Å²) >= 11 is 6.26. The van der Waals surface area contributed by atoms with Gasteiger partial charge in [0.25, 0.3) is 0 Å². The molecule has 1 heterocycles. The van der Waals surface area contributed by atoms with Crippen molar-refractivity contribution in [2.45, 2.75) is 31.1 Å². The van der Waals surface area contributed by atoms with Crippen LogP contribution in [-0.4, -0.2) is 37.5 Å². The number of halogens is 2. The van der Waals surface area contributed by atoms with Gasteiger partial charge in [0.15, 0.2) is 21.3 Å².